The summed E-state index contributed by atoms with van der Waals surface area (Å²) in [5.41, 5.74) is 3.30. The largest absolute Gasteiger partial charge is 0.309 e. The van der Waals surface area contributed by atoms with Gasteiger partial charge in [0.2, 0.25) is 0 Å². The normalized spacial score (nSPS) is 13.0. The van der Waals surface area contributed by atoms with Gasteiger partial charge in [-0.05, 0) is 48.3 Å². The van der Waals surface area contributed by atoms with Gasteiger partial charge in [0.05, 0.1) is 22.1 Å². The molecular weight excluding hydrogens is 280 g/mol. The zero-order valence-electron chi connectivity index (χ0n) is 12.4. The molecule has 0 saturated heterocycles. The molecule has 1 unspecified atom stereocenters. The predicted molar refractivity (Wildman–Crippen MR) is 86.6 cm³/mol. The molecule has 21 heavy (non-hydrogen) atoms. The van der Waals surface area contributed by atoms with Crippen molar-refractivity contribution >= 4 is 22.4 Å². The second-order valence-electron chi connectivity index (χ2n) is 5.35. The van der Waals surface area contributed by atoms with Crippen molar-refractivity contribution < 1.29 is 0 Å². The van der Waals surface area contributed by atoms with Gasteiger partial charge >= 0.3 is 0 Å². The second kappa shape index (κ2) is 5.87. The predicted octanol–water partition coefficient (Wildman–Crippen LogP) is 3.52. The molecule has 108 valence electrons. The van der Waals surface area contributed by atoms with E-state index in [0.717, 1.165) is 16.6 Å². The zero-order chi connectivity index (χ0) is 14.8. The van der Waals surface area contributed by atoms with Crippen LogP contribution in [0.3, 0.4) is 0 Å². The first-order valence-electron chi connectivity index (χ1n) is 7.04. The van der Waals surface area contributed by atoms with Crippen LogP contribution in [0.4, 0.5) is 0 Å². The Morgan fingerprint density at radius 3 is 2.81 bits per heavy atom. The van der Waals surface area contributed by atoms with Crippen molar-refractivity contribution in [1.82, 2.24) is 19.9 Å². The minimum Gasteiger partial charge on any atom is -0.309 e. The fourth-order valence-corrected chi connectivity index (χ4v) is 3.47. The van der Waals surface area contributed by atoms with Crippen LogP contribution in [0.25, 0.3) is 10.9 Å². The van der Waals surface area contributed by atoms with Gasteiger partial charge in [-0.2, -0.15) is 0 Å². The molecule has 3 rings (SSSR count). The number of aromatic nitrogens is 3. The summed E-state index contributed by atoms with van der Waals surface area (Å²) in [5.74, 6) is 0.372. The highest BCUT2D eigenvalue weighted by Gasteiger charge is 2.21. The SMILES string of the molecule is CNC(c1ccc2ncccc2c1)c1snnc1C(C)C. The van der Waals surface area contributed by atoms with Crippen LogP contribution in [0.1, 0.15) is 41.9 Å². The highest BCUT2D eigenvalue weighted by Crippen LogP contribution is 2.31. The zero-order valence-corrected chi connectivity index (χ0v) is 13.2. The van der Waals surface area contributed by atoms with Crippen LogP contribution in [0.15, 0.2) is 36.5 Å². The number of hydrogen-bond acceptors (Lipinski definition) is 5. The standard InChI is InChI=1S/C16H18N4S/c1-10(2)14-16(21-20-19-14)15(17-3)12-6-7-13-11(9-12)5-4-8-18-13/h4-10,15,17H,1-3H3. The summed E-state index contributed by atoms with van der Waals surface area (Å²) in [6.07, 6.45) is 1.82. The quantitative estimate of drug-likeness (QED) is 0.800. The van der Waals surface area contributed by atoms with Crippen LogP contribution in [0.5, 0.6) is 0 Å². The topological polar surface area (TPSA) is 50.7 Å². The van der Waals surface area contributed by atoms with Crippen LogP contribution < -0.4 is 5.32 Å². The van der Waals surface area contributed by atoms with Gasteiger partial charge < -0.3 is 5.32 Å². The average Bonchev–Trinajstić information content (AvgIpc) is 2.97. The third-order valence-corrected chi connectivity index (χ3v) is 4.40. The molecule has 1 N–H and O–H groups in total. The molecule has 1 atom stereocenters. The molecule has 4 nitrogen and oxygen atoms in total. The van der Waals surface area contributed by atoms with Crippen molar-refractivity contribution in [2.75, 3.05) is 7.05 Å². The van der Waals surface area contributed by atoms with E-state index in [4.69, 9.17) is 0 Å². The maximum absolute atomic E-state index is 4.37. The first-order chi connectivity index (χ1) is 10.2. The fourth-order valence-electron chi connectivity index (χ4n) is 2.53. The number of nitrogens with zero attached hydrogens (tertiary/aromatic N) is 3. The Morgan fingerprint density at radius 1 is 1.19 bits per heavy atom. The summed E-state index contributed by atoms with van der Waals surface area (Å²) in [6, 6.07) is 10.6. The van der Waals surface area contributed by atoms with Gasteiger partial charge in [0.25, 0.3) is 0 Å². The van der Waals surface area contributed by atoms with Gasteiger partial charge in [-0.3, -0.25) is 4.98 Å². The number of hydrogen-bond donors (Lipinski definition) is 1. The third-order valence-electron chi connectivity index (χ3n) is 3.60. The Morgan fingerprint density at radius 2 is 2.05 bits per heavy atom. The Hall–Kier alpha value is -1.85. The average molecular weight is 298 g/mol. The molecule has 0 spiro atoms. The lowest BCUT2D eigenvalue weighted by Crippen LogP contribution is -2.18. The Balaban J connectivity index is 2.07. The highest BCUT2D eigenvalue weighted by atomic mass is 32.1. The van der Waals surface area contributed by atoms with Crippen molar-refractivity contribution in [1.29, 1.82) is 0 Å². The molecule has 0 fully saturated rings. The minimum atomic E-state index is 0.118. The van der Waals surface area contributed by atoms with E-state index < -0.39 is 0 Å². The van der Waals surface area contributed by atoms with Crippen molar-refractivity contribution in [3.05, 3.63) is 52.7 Å². The Kier molecular flexibility index (Phi) is 3.94. The fraction of sp³-hybridized carbons (Fsp3) is 0.312. The van der Waals surface area contributed by atoms with Crippen LogP contribution >= 0.6 is 11.5 Å². The van der Waals surface area contributed by atoms with Crippen LogP contribution in [0.2, 0.25) is 0 Å². The number of pyridine rings is 1. The van der Waals surface area contributed by atoms with E-state index in [0.29, 0.717) is 5.92 Å². The summed E-state index contributed by atoms with van der Waals surface area (Å²) >= 11 is 1.47. The van der Waals surface area contributed by atoms with E-state index in [1.807, 2.05) is 19.3 Å². The first-order valence-corrected chi connectivity index (χ1v) is 7.82. The lowest BCUT2D eigenvalue weighted by Gasteiger charge is -2.17. The molecule has 5 heteroatoms. The molecule has 2 aromatic heterocycles. The smallest absolute Gasteiger partial charge is 0.0832 e. The monoisotopic (exact) mass is 298 g/mol. The number of fused-ring (bicyclic) bond motifs is 1. The van der Waals surface area contributed by atoms with Gasteiger partial charge in [0, 0.05) is 11.6 Å². The minimum absolute atomic E-state index is 0.118. The molecule has 2 heterocycles. The molecular formula is C16H18N4S. The van der Waals surface area contributed by atoms with E-state index >= 15 is 0 Å². The second-order valence-corrected chi connectivity index (χ2v) is 6.14. The van der Waals surface area contributed by atoms with Gasteiger partial charge in [0.1, 0.15) is 0 Å². The maximum atomic E-state index is 4.37. The summed E-state index contributed by atoms with van der Waals surface area (Å²) in [5, 5.41) is 8.83. The van der Waals surface area contributed by atoms with Gasteiger partial charge in [-0.1, -0.05) is 30.5 Å². The summed E-state index contributed by atoms with van der Waals surface area (Å²) in [7, 11) is 1.97. The van der Waals surface area contributed by atoms with E-state index in [1.54, 1.807) is 0 Å². The van der Waals surface area contributed by atoms with E-state index in [-0.39, 0.29) is 6.04 Å². The van der Waals surface area contributed by atoms with Gasteiger partial charge in [-0.15, -0.1) is 5.10 Å². The van der Waals surface area contributed by atoms with Crippen molar-refractivity contribution in [3.63, 3.8) is 0 Å². The molecule has 0 bridgehead atoms. The summed E-state index contributed by atoms with van der Waals surface area (Å²) in [6.45, 7) is 4.30. The number of benzene rings is 1. The molecule has 0 aliphatic carbocycles. The molecule has 0 saturated carbocycles. The Bertz CT molecular complexity index is 751. The molecule has 0 amide bonds. The molecule has 0 aliphatic heterocycles. The van der Waals surface area contributed by atoms with E-state index in [2.05, 4.69) is 58.0 Å². The Labute approximate surface area is 128 Å². The molecule has 1 aromatic carbocycles. The van der Waals surface area contributed by atoms with Crippen molar-refractivity contribution in [2.24, 2.45) is 0 Å². The van der Waals surface area contributed by atoms with Crippen molar-refractivity contribution in [3.8, 4) is 0 Å². The lowest BCUT2D eigenvalue weighted by molar-refractivity contribution is 0.679. The van der Waals surface area contributed by atoms with Gasteiger partial charge in [0.15, 0.2) is 0 Å². The molecule has 0 aliphatic rings. The number of rotatable bonds is 4. The third kappa shape index (κ3) is 2.66. The summed E-state index contributed by atoms with van der Waals surface area (Å²) < 4.78 is 4.14. The van der Waals surface area contributed by atoms with E-state index in [1.165, 1.54) is 22.0 Å². The van der Waals surface area contributed by atoms with Crippen molar-refractivity contribution in [2.45, 2.75) is 25.8 Å². The maximum Gasteiger partial charge on any atom is 0.0832 e. The molecule has 3 aromatic rings. The number of nitrogens with one attached hydrogen (secondary N) is 1. The van der Waals surface area contributed by atoms with Crippen LogP contribution in [-0.4, -0.2) is 21.6 Å². The van der Waals surface area contributed by atoms with E-state index in [9.17, 15) is 0 Å². The first kappa shape index (κ1) is 14.1. The molecule has 0 radical (unpaired) electrons. The lowest BCUT2D eigenvalue weighted by atomic mass is 9.99. The highest BCUT2D eigenvalue weighted by molar-refractivity contribution is 7.05. The summed E-state index contributed by atoms with van der Waals surface area (Å²) in [4.78, 5) is 5.56. The van der Waals surface area contributed by atoms with Gasteiger partial charge in [-0.25, -0.2) is 0 Å². The van der Waals surface area contributed by atoms with Crippen LogP contribution in [-0.2, 0) is 0 Å². The van der Waals surface area contributed by atoms with Crippen LogP contribution in [0, 0.1) is 0 Å².